The molecular weight excluding hydrogens is 286 g/mol. The Kier molecular flexibility index (Phi) is 4.39. The van der Waals surface area contributed by atoms with Crippen LogP contribution in [0.1, 0.15) is 25.1 Å². The average Bonchev–Trinajstić information content (AvgIpc) is 2.94. The summed E-state index contributed by atoms with van der Waals surface area (Å²) in [6.07, 6.45) is 1.04. The third-order valence-electron chi connectivity index (χ3n) is 3.22. The number of carboxylic acid groups (broad SMARTS) is 1. The van der Waals surface area contributed by atoms with Gasteiger partial charge in [-0.25, -0.2) is 8.42 Å². The van der Waals surface area contributed by atoms with E-state index in [9.17, 15) is 13.2 Å². The van der Waals surface area contributed by atoms with Gasteiger partial charge in [-0.15, -0.1) is 0 Å². The first-order chi connectivity index (χ1) is 9.39. The number of carboxylic acids is 1. The molecule has 8 nitrogen and oxygen atoms in total. The van der Waals surface area contributed by atoms with Crippen LogP contribution in [0.3, 0.4) is 0 Å². The Labute approximate surface area is 116 Å². The molecule has 0 aliphatic carbocycles. The second kappa shape index (κ2) is 5.88. The third-order valence-corrected chi connectivity index (χ3v) is 4.97. The summed E-state index contributed by atoms with van der Waals surface area (Å²) in [7, 11) is -3.07. The number of aryl methyl sites for hydroxylation is 1. The minimum absolute atomic E-state index is 0.0151. The summed E-state index contributed by atoms with van der Waals surface area (Å²) in [5.74, 6) is -0.0610. The van der Waals surface area contributed by atoms with Gasteiger partial charge in [-0.3, -0.25) is 9.69 Å². The maximum atomic E-state index is 11.5. The van der Waals surface area contributed by atoms with Gasteiger partial charge in [-0.05, 0) is 6.42 Å². The quantitative estimate of drug-likeness (QED) is 0.762. The van der Waals surface area contributed by atoms with E-state index in [1.807, 2.05) is 6.92 Å². The minimum atomic E-state index is -3.07. The lowest BCUT2D eigenvalue weighted by Gasteiger charge is -2.24. The van der Waals surface area contributed by atoms with Gasteiger partial charge in [0.15, 0.2) is 15.7 Å². The highest BCUT2D eigenvalue weighted by atomic mass is 32.2. The van der Waals surface area contributed by atoms with Crippen molar-refractivity contribution in [2.24, 2.45) is 0 Å². The van der Waals surface area contributed by atoms with Crippen LogP contribution in [0.25, 0.3) is 0 Å². The molecule has 1 unspecified atom stereocenters. The molecule has 0 amide bonds. The highest BCUT2D eigenvalue weighted by Crippen LogP contribution is 2.19. The van der Waals surface area contributed by atoms with Crippen LogP contribution in [0.5, 0.6) is 0 Å². The molecule has 1 aliphatic heterocycles. The molecule has 20 heavy (non-hydrogen) atoms. The fourth-order valence-electron chi connectivity index (χ4n) is 2.23. The van der Waals surface area contributed by atoms with Crippen molar-refractivity contribution in [1.29, 1.82) is 0 Å². The van der Waals surface area contributed by atoms with Crippen LogP contribution in [0, 0.1) is 0 Å². The van der Waals surface area contributed by atoms with E-state index < -0.39 is 15.8 Å². The maximum Gasteiger partial charge on any atom is 0.317 e. The largest absolute Gasteiger partial charge is 0.480 e. The summed E-state index contributed by atoms with van der Waals surface area (Å²) in [4.78, 5) is 16.6. The third kappa shape index (κ3) is 3.76. The van der Waals surface area contributed by atoms with Gasteiger partial charge >= 0.3 is 5.97 Å². The fraction of sp³-hybridized carbons (Fsp3) is 0.727. The Morgan fingerprint density at radius 2 is 2.30 bits per heavy atom. The molecular formula is C11H17N3O5S. The summed E-state index contributed by atoms with van der Waals surface area (Å²) in [6, 6.07) is -0.306. The van der Waals surface area contributed by atoms with E-state index >= 15 is 0 Å². The zero-order valence-electron chi connectivity index (χ0n) is 11.2. The molecule has 1 aromatic rings. The number of aliphatic carboxylic acids is 1. The number of aromatic nitrogens is 2. The van der Waals surface area contributed by atoms with E-state index in [1.54, 1.807) is 4.90 Å². The van der Waals surface area contributed by atoms with Crippen molar-refractivity contribution < 1.29 is 22.8 Å². The number of nitrogens with zero attached hydrogens (tertiary/aromatic N) is 3. The molecule has 2 heterocycles. The van der Waals surface area contributed by atoms with E-state index in [1.165, 1.54) is 0 Å². The lowest BCUT2D eigenvalue weighted by Crippen LogP contribution is -2.39. The zero-order chi connectivity index (χ0) is 14.8. The molecule has 2 rings (SSSR count). The van der Waals surface area contributed by atoms with Gasteiger partial charge in [0, 0.05) is 12.5 Å². The summed E-state index contributed by atoms with van der Waals surface area (Å²) in [5, 5.41) is 12.7. The van der Waals surface area contributed by atoms with E-state index in [2.05, 4.69) is 10.1 Å². The summed E-state index contributed by atoms with van der Waals surface area (Å²) in [6.45, 7) is 1.81. The number of rotatable bonds is 6. The Hall–Kier alpha value is -1.48. The second-order valence-electron chi connectivity index (χ2n) is 4.81. The van der Waals surface area contributed by atoms with Gasteiger partial charge in [0.1, 0.15) is 0 Å². The van der Waals surface area contributed by atoms with Gasteiger partial charge < -0.3 is 9.63 Å². The predicted octanol–water partition coefficient (Wildman–Crippen LogP) is -0.294. The number of carbonyl (C=O) groups is 1. The summed E-state index contributed by atoms with van der Waals surface area (Å²) >= 11 is 0. The second-order valence-corrected chi connectivity index (χ2v) is 7.04. The molecule has 1 saturated heterocycles. The molecule has 0 radical (unpaired) electrons. The van der Waals surface area contributed by atoms with E-state index in [0.717, 1.165) is 0 Å². The SMILES string of the molecule is CCc1nc(CN(CC(=O)O)C2CCS(=O)(=O)C2)no1. The Morgan fingerprint density at radius 3 is 2.80 bits per heavy atom. The Morgan fingerprint density at radius 1 is 1.55 bits per heavy atom. The van der Waals surface area contributed by atoms with Crippen molar-refractivity contribution in [1.82, 2.24) is 15.0 Å². The van der Waals surface area contributed by atoms with Gasteiger partial charge in [0.25, 0.3) is 0 Å². The molecule has 1 fully saturated rings. The molecule has 1 aliphatic rings. The molecule has 1 atom stereocenters. The molecule has 9 heteroatoms. The molecule has 1 N–H and O–H groups in total. The van der Waals surface area contributed by atoms with Crippen LogP contribution in [0.4, 0.5) is 0 Å². The molecule has 112 valence electrons. The van der Waals surface area contributed by atoms with Crippen LogP contribution in [-0.4, -0.2) is 58.6 Å². The van der Waals surface area contributed by atoms with Crippen molar-refractivity contribution in [3.05, 3.63) is 11.7 Å². The summed E-state index contributed by atoms with van der Waals surface area (Å²) in [5.41, 5.74) is 0. The molecule has 0 spiro atoms. The van der Waals surface area contributed by atoms with Crippen molar-refractivity contribution in [3.63, 3.8) is 0 Å². The van der Waals surface area contributed by atoms with Crippen LogP contribution in [0.2, 0.25) is 0 Å². The number of sulfone groups is 1. The van der Waals surface area contributed by atoms with Crippen molar-refractivity contribution in [3.8, 4) is 0 Å². The highest BCUT2D eigenvalue weighted by molar-refractivity contribution is 7.91. The van der Waals surface area contributed by atoms with Crippen LogP contribution in [-0.2, 0) is 27.6 Å². The fourth-order valence-corrected chi connectivity index (χ4v) is 3.99. The lowest BCUT2D eigenvalue weighted by molar-refractivity contribution is -0.139. The normalized spacial score (nSPS) is 21.4. The van der Waals surface area contributed by atoms with Crippen molar-refractivity contribution in [2.75, 3.05) is 18.1 Å². The first-order valence-electron chi connectivity index (χ1n) is 6.37. The molecule has 0 bridgehead atoms. The zero-order valence-corrected chi connectivity index (χ0v) is 12.0. The van der Waals surface area contributed by atoms with Gasteiger partial charge in [0.2, 0.25) is 5.89 Å². The van der Waals surface area contributed by atoms with Gasteiger partial charge in [-0.2, -0.15) is 4.98 Å². The molecule has 0 saturated carbocycles. The number of hydrogen-bond acceptors (Lipinski definition) is 7. The van der Waals surface area contributed by atoms with Crippen LogP contribution < -0.4 is 0 Å². The highest BCUT2D eigenvalue weighted by Gasteiger charge is 2.33. The van der Waals surface area contributed by atoms with Gasteiger partial charge in [-0.1, -0.05) is 12.1 Å². The molecule has 1 aromatic heterocycles. The Balaban J connectivity index is 2.09. The number of hydrogen-bond donors (Lipinski definition) is 1. The van der Waals surface area contributed by atoms with E-state index in [0.29, 0.717) is 24.6 Å². The van der Waals surface area contributed by atoms with Crippen LogP contribution >= 0.6 is 0 Å². The minimum Gasteiger partial charge on any atom is -0.480 e. The van der Waals surface area contributed by atoms with Crippen molar-refractivity contribution in [2.45, 2.75) is 32.4 Å². The van der Waals surface area contributed by atoms with Crippen molar-refractivity contribution >= 4 is 15.8 Å². The van der Waals surface area contributed by atoms with E-state index in [4.69, 9.17) is 9.63 Å². The lowest BCUT2D eigenvalue weighted by atomic mass is 10.2. The average molecular weight is 303 g/mol. The summed E-state index contributed by atoms with van der Waals surface area (Å²) < 4.78 is 28.0. The first kappa shape index (κ1) is 14.9. The molecule has 0 aromatic carbocycles. The first-order valence-corrected chi connectivity index (χ1v) is 8.19. The maximum absolute atomic E-state index is 11.5. The van der Waals surface area contributed by atoms with E-state index in [-0.39, 0.29) is 30.6 Å². The standard InChI is InChI=1S/C11H17N3O5S/c1-2-10-12-9(13-19-10)5-14(6-11(15)16)8-3-4-20(17,18)7-8/h8H,2-7H2,1H3,(H,15,16). The Bertz CT molecular complexity index is 583. The van der Waals surface area contributed by atoms with Gasteiger partial charge in [0.05, 0.1) is 24.6 Å². The predicted molar refractivity (Wildman–Crippen MR) is 68.8 cm³/mol. The smallest absolute Gasteiger partial charge is 0.317 e. The van der Waals surface area contributed by atoms with Crippen LogP contribution in [0.15, 0.2) is 4.52 Å². The topological polar surface area (TPSA) is 114 Å². The monoisotopic (exact) mass is 303 g/mol.